The molecular weight excluding hydrogens is 721 g/mol. The molecule has 0 fully saturated rings. The molecule has 10 aromatic rings. The summed E-state index contributed by atoms with van der Waals surface area (Å²) in [6.45, 7) is 0. The van der Waals surface area contributed by atoms with E-state index < -0.39 is 0 Å². The summed E-state index contributed by atoms with van der Waals surface area (Å²) in [4.78, 5) is 18.4. The van der Waals surface area contributed by atoms with Crippen molar-refractivity contribution < 1.29 is 15.1 Å². The van der Waals surface area contributed by atoms with Crippen LogP contribution in [0, 0.1) is 10.1 Å². The molecule has 0 aliphatic rings. The van der Waals surface area contributed by atoms with E-state index in [0.717, 1.165) is 74.2 Å². The topological polar surface area (TPSA) is 141 Å². The Bertz CT molecular complexity index is 3240. The van der Waals surface area contributed by atoms with Crippen LogP contribution in [0.5, 0.6) is 0 Å². The van der Waals surface area contributed by atoms with Crippen LogP contribution in [-0.2, 0) is 0 Å². The second-order valence-corrected chi connectivity index (χ2v) is 13.3. The number of hydrogen-bond acceptors (Lipinski definition) is 5. The fourth-order valence-electron chi connectivity index (χ4n) is 7.72. The maximum Gasteiger partial charge on any atom is 0.293 e. The maximum absolute atomic E-state index is 11.8. The Labute approximate surface area is 334 Å². The SMILES string of the molecule is CO.CO.Nc1cccc2c1[nH]c1ccccc1c1ccccc1c1ccccc21.O=[N+]([O-])c1cccc2c1[nH]c1ccccc1c1ccccc1c1ccccc21. The number of hydrogen-bond donors (Lipinski definition) is 5. The molecule has 2 heterocycles. The van der Waals surface area contributed by atoms with Crippen molar-refractivity contribution in [2.24, 2.45) is 0 Å². The standard InChI is InChI=1S/C24H16N2O2.C24H18N2.2CH4O/c27-26(28)23-15-7-13-21-19-11-4-2-9-17(19)16-8-1-3-10-18(16)20-12-5-6-14-22(20)25-24(21)23;25-22-14-7-13-21-19-11-4-2-9-17(19)16-8-1-3-10-18(16)20-12-5-6-15-23(20)26-24(21)22;2*1-2/h1-15,25H;1-15,26H,25H2;2*2H,1H3. The molecule has 0 saturated heterocycles. The third-order valence-electron chi connectivity index (χ3n) is 10.2. The quantitative estimate of drug-likeness (QED) is 0.0643. The lowest BCUT2D eigenvalue weighted by Crippen LogP contribution is -1.90. The van der Waals surface area contributed by atoms with Gasteiger partial charge in [0.1, 0.15) is 5.52 Å². The number of benzene rings is 8. The monoisotopic (exact) mass is 762 g/mol. The number of H-pyrrole nitrogens is 2. The Hall–Kier alpha value is -7.52. The van der Waals surface area contributed by atoms with Gasteiger partial charge in [-0.3, -0.25) is 10.1 Å². The van der Waals surface area contributed by atoms with Gasteiger partial charge in [0.05, 0.1) is 16.1 Å². The van der Waals surface area contributed by atoms with Gasteiger partial charge in [-0.2, -0.15) is 0 Å². The van der Waals surface area contributed by atoms with Gasteiger partial charge in [-0.15, -0.1) is 0 Å². The number of nitro groups is 1. The van der Waals surface area contributed by atoms with Gasteiger partial charge in [-0.05, 0) is 61.3 Å². The number of anilines is 1. The van der Waals surface area contributed by atoms with Crippen molar-refractivity contribution in [1.29, 1.82) is 0 Å². The molecule has 0 amide bonds. The zero-order valence-electron chi connectivity index (χ0n) is 32.1. The molecule has 8 aromatic carbocycles. The van der Waals surface area contributed by atoms with Crippen molar-refractivity contribution in [3.05, 3.63) is 192 Å². The summed E-state index contributed by atoms with van der Waals surface area (Å²) in [5, 5.41) is 38.9. The number of para-hydroxylation sites is 4. The largest absolute Gasteiger partial charge is 0.400 e. The summed E-state index contributed by atoms with van der Waals surface area (Å²) in [5.74, 6) is 0. The van der Waals surface area contributed by atoms with Gasteiger partial charge in [0.2, 0.25) is 0 Å². The number of aliphatic hydroxyl groups is 2. The molecule has 8 heteroatoms. The van der Waals surface area contributed by atoms with E-state index in [2.05, 4.69) is 107 Å². The average molecular weight is 763 g/mol. The van der Waals surface area contributed by atoms with Gasteiger partial charge >= 0.3 is 0 Å². The van der Waals surface area contributed by atoms with Crippen LogP contribution < -0.4 is 5.73 Å². The van der Waals surface area contributed by atoms with E-state index in [-0.39, 0.29) is 10.6 Å². The molecule has 0 bridgehead atoms. The first-order chi connectivity index (χ1) is 28.6. The molecule has 0 atom stereocenters. The first kappa shape index (κ1) is 38.7. The van der Waals surface area contributed by atoms with Gasteiger partial charge < -0.3 is 25.9 Å². The Balaban J connectivity index is 0.000000163. The zero-order chi connectivity index (χ0) is 40.6. The van der Waals surface area contributed by atoms with Crippen LogP contribution in [0.2, 0.25) is 0 Å². The number of rotatable bonds is 1. The van der Waals surface area contributed by atoms with Crippen LogP contribution in [0.25, 0.3) is 86.7 Å². The summed E-state index contributed by atoms with van der Waals surface area (Å²) >= 11 is 0. The fraction of sp³-hybridized carbons (Fsp3) is 0.0400. The highest BCUT2D eigenvalue weighted by Crippen LogP contribution is 2.35. The van der Waals surface area contributed by atoms with Crippen molar-refractivity contribution >= 4 is 98.1 Å². The second kappa shape index (κ2) is 17.5. The minimum Gasteiger partial charge on any atom is -0.400 e. The lowest BCUT2D eigenvalue weighted by molar-refractivity contribution is -0.383. The van der Waals surface area contributed by atoms with E-state index in [9.17, 15) is 10.1 Å². The van der Waals surface area contributed by atoms with Crippen molar-refractivity contribution in [1.82, 2.24) is 9.97 Å². The first-order valence-electron chi connectivity index (χ1n) is 18.7. The predicted molar refractivity (Wildman–Crippen MR) is 244 cm³/mol. The van der Waals surface area contributed by atoms with E-state index in [4.69, 9.17) is 15.9 Å². The van der Waals surface area contributed by atoms with E-state index >= 15 is 0 Å². The first-order valence-corrected chi connectivity index (χ1v) is 18.7. The number of nitrogens with two attached hydrogens (primary N) is 1. The molecule has 0 aliphatic heterocycles. The molecule has 0 unspecified atom stereocenters. The number of fused-ring (bicyclic) bond motifs is 14. The summed E-state index contributed by atoms with van der Waals surface area (Å²) in [7, 11) is 2.00. The number of aromatic amines is 2. The van der Waals surface area contributed by atoms with Gasteiger partial charge in [0, 0.05) is 52.9 Å². The molecule has 58 heavy (non-hydrogen) atoms. The third-order valence-corrected chi connectivity index (χ3v) is 10.2. The molecule has 2 aromatic heterocycles. The lowest BCUT2D eigenvalue weighted by atomic mass is 10.0. The zero-order valence-corrected chi connectivity index (χ0v) is 32.1. The highest BCUT2D eigenvalue weighted by Gasteiger charge is 2.14. The molecule has 0 radical (unpaired) electrons. The minimum absolute atomic E-state index is 0.0630. The van der Waals surface area contributed by atoms with Crippen LogP contribution in [0.4, 0.5) is 11.4 Å². The normalized spacial score (nSPS) is 10.6. The van der Waals surface area contributed by atoms with Crippen molar-refractivity contribution in [3.8, 4) is 0 Å². The van der Waals surface area contributed by atoms with Crippen LogP contribution in [0.15, 0.2) is 182 Å². The lowest BCUT2D eigenvalue weighted by Gasteiger charge is -2.03. The van der Waals surface area contributed by atoms with Crippen molar-refractivity contribution in [3.63, 3.8) is 0 Å². The Morgan fingerprint density at radius 2 is 0.655 bits per heavy atom. The second-order valence-electron chi connectivity index (χ2n) is 13.3. The van der Waals surface area contributed by atoms with Crippen molar-refractivity contribution in [2.75, 3.05) is 20.0 Å². The Kier molecular flexibility index (Phi) is 11.7. The molecular formula is C50H42N4O4. The number of nitro benzene ring substituents is 1. The molecule has 10 rings (SSSR count). The summed E-state index contributed by atoms with van der Waals surface area (Å²) in [5.41, 5.74) is 10.6. The molecule has 0 saturated carbocycles. The summed E-state index contributed by atoms with van der Waals surface area (Å²) in [6.07, 6.45) is 0. The Morgan fingerprint density at radius 3 is 1.05 bits per heavy atom. The highest BCUT2D eigenvalue weighted by molar-refractivity contribution is 6.21. The van der Waals surface area contributed by atoms with Gasteiger partial charge in [0.25, 0.3) is 5.69 Å². The minimum atomic E-state index is -0.331. The summed E-state index contributed by atoms with van der Waals surface area (Å²) < 4.78 is 0. The molecule has 6 N–H and O–H groups in total. The number of nitrogen functional groups attached to an aromatic ring is 1. The predicted octanol–water partition coefficient (Wildman–Crippen LogP) is 12.2. The van der Waals surface area contributed by atoms with Gasteiger partial charge in [-0.1, -0.05) is 158 Å². The smallest absolute Gasteiger partial charge is 0.293 e. The van der Waals surface area contributed by atoms with Gasteiger partial charge in [-0.25, -0.2) is 0 Å². The molecule has 0 aliphatic carbocycles. The number of aromatic nitrogens is 2. The van der Waals surface area contributed by atoms with Gasteiger partial charge in [0.15, 0.2) is 0 Å². The van der Waals surface area contributed by atoms with Crippen LogP contribution in [0.3, 0.4) is 0 Å². The molecule has 0 spiro atoms. The van der Waals surface area contributed by atoms with Crippen LogP contribution in [0.1, 0.15) is 0 Å². The number of non-ortho nitro benzene ring substituents is 1. The maximum atomic E-state index is 11.8. The number of nitrogens with zero attached hydrogens (tertiary/aromatic N) is 1. The van der Waals surface area contributed by atoms with E-state index in [1.165, 1.54) is 26.9 Å². The van der Waals surface area contributed by atoms with E-state index in [1.807, 2.05) is 72.8 Å². The third kappa shape index (κ3) is 7.29. The average Bonchev–Trinajstić information content (AvgIpc) is 3.37. The van der Waals surface area contributed by atoms with E-state index in [1.54, 1.807) is 12.1 Å². The molecule has 8 nitrogen and oxygen atoms in total. The summed E-state index contributed by atoms with van der Waals surface area (Å²) in [6, 6.07) is 61.1. The Morgan fingerprint density at radius 1 is 0.379 bits per heavy atom. The van der Waals surface area contributed by atoms with Crippen molar-refractivity contribution in [2.45, 2.75) is 0 Å². The van der Waals surface area contributed by atoms with Crippen LogP contribution >= 0.6 is 0 Å². The van der Waals surface area contributed by atoms with Crippen LogP contribution in [-0.4, -0.2) is 39.3 Å². The number of aliphatic hydroxyl groups excluding tert-OH is 2. The fourth-order valence-corrected chi connectivity index (χ4v) is 7.72. The highest BCUT2D eigenvalue weighted by atomic mass is 16.6. The number of nitrogens with one attached hydrogen (secondary N) is 2. The molecule has 286 valence electrons. The van der Waals surface area contributed by atoms with E-state index in [0.29, 0.717) is 5.52 Å².